The highest BCUT2D eigenvalue weighted by molar-refractivity contribution is 5.96. The van der Waals surface area contributed by atoms with Gasteiger partial charge in [-0.05, 0) is 37.5 Å². The first-order valence-corrected chi connectivity index (χ1v) is 6.71. The number of anilines is 1. The number of carbonyl (C=O) groups is 2. The number of rotatable bonds is 4. The van der Waals surface area contributed by atoms with Gasteiger partial charge in [-0.3, -0.25) is 9.59 Å². The van der Waals surface area contributed by atoms with Gasteiger partial charge in [-0.25, -0.2) is 0 Å². The first kappa shape index (κ1) is 14.4. The highest BCUT2D eigenvalue weighted by atomic mass is 16.5. The van der Waals surface area contributed by atoms with Crippen molar-refractivity contribution in [1.29, 1.82) is 0 Å². The lowest BCUT2D eigenvalue weighted by Gasteiger charge is -2.17. The number of carboxylic acids is 1. The minimum absolute atomic E-state index is 0.237. The van der Waals surface area contributed by atoms with E-state index in [0.717, 1.165) is 12.0 Å². The third kappa shape index (κ3) is 2.92. The number of carboxylic acid groups (broad SMARTS) is 1. The van der Waals surface area contributed by atoms with Crippen LogP contribution in [0.25, 0.3) is 0 Å². The molecule has 2 atom stereocenters. The number of methoxy groups -OCH3 is 1. The number of hydrogen-bond acceptors (Lipinski definition) is 3. The van der Waals surface area contributed by atoms with Gasteiger partial charge in [-0.15, -0.1) is 0 Å². The topological polar surface area (TPSA) is 75.6 Å². The van der Waals surface area contributed by atoms with Crippen molar-refractivity contribution in [2.75, 3.05) is 12.4 Å². The second-order valence-electron chi connectivity index (χ2n) is 5.18. The summed E-state index contributed by atoms with van der Waals surface area (Å²) in [5.74, 6) is -1.59. The van der Waals surface area contributed by atoms with Crippen molar-refractivity contribution in [1.82, 2.24) is 0 Å². The molecule has 1 fully saturated rings. The van der Waals surface area contributed by atoms with Crippen LogP contribution in [0, 0.1) is 18.8 Å². The van der Waals surface area contributed by atoms with Crippen molar-refractivity contribution in [3.05, 3.63) is 23.8 Å². The molecule has 0 aromatic heterocycles. The minimum Gasteiger partial charge on any atom is -0.495 e. The van der Waals surface area contributed by atoms with E-state index < -0.39 is 17.8 Å². The molecule has 0 aliphatic heterocycles. The van der Waals surface area contributed by atoms with Crippen LogP contribution in [-0.4, -0.2) is 24.1 Å². The standard InChI is InChI=1S/C15H19NO4/c1-9-6-7-13(20-2)12(8-9)16-14(17)10-4-3-5-11(10)15(18)19/h6-8,10-11H,3-5H2,1-2H3,(H,16,17)(H,18,19). The van der Waals surface area contributed by atoms with E-state index in [1.54, 1.807) is 6.07 Å². The summed E-state index contributed by atoms with van der Waals surface area (Å²) < 4.78 is 5.21. The van der Waals surface area contributed by atoms with Crippen LogP contribution in [0.3, 0.4) is 0 Å². The molecule has 2 N–H and O–H groups in total. The van der Waals surface area contributed by atoms with Crippen molar-refractivity contribution < 1.29 is 19.4 Å². The maximum absolute atomic E-state index is 12.3. The van der Waals surface area contributed by atoms with Crippen molar-refractivity contribution in [2.24, 2.45) is 11.8 Å². The summed E-state index contributed by atoms with van der Waals surface area (Å²) in [7, 11) is 1.54. The number of benzene rings is 1. The van der Waals surface area contributed by atoms with Crippen LogP contribution in [0.5, 0.6) is 5.75 Å². The maximum atomic E-state index is 12.3. The summed E-state index contributed by atoms with van der Waals surface area (Å²) in [4.78, 5) is 23.4. The molecule has 108 valence electrons. The molecule has 20 heavy (non-hydrogen) atoms. The zero-order valence-electron chi connectivity index (χ0n) is 11.7. The first-order chi connectivity index (χ1) is 9.52. The Morgan fingerprint density at radius 1 is 1.30 bits per heavy atom. The minimum atomic E-state index is -0.890. The molecule has 1 aromatic rings. The highest BCUT2D eigenvalue weighted by Gasteiger charge is 2.37. The van der Waals surface area contributed by atoms with Crippen LogP contribution >= 0.6 is 0 Å². The van der Waals surface area contributed by atoms with Gasteiger partial charge in [0.1, 0.15) is 5.75 Å². The quantitative estimate of drug-likeness (QED) is 0.886. The van der Waals surface area contributed by atoms with Gasteiger partial charge in [0.15, 0.2) is 0 Å². The van der Waals surface area contributed by atoms with Crippen molar-refractivity contribution in [2.45, 2.75) is 26.2 Å². The van der Waals surface area contributed by atoms with Gasteiger partial charge >= 0.3 is 5.97 Å². The first-order valence-electron chi connectivity index (χ1n) is 6.71. The molecule has 0 bridgehead atoms. The van der Waals surface area contributed by atoms with Gasteiger partial charge in [-0.1, -0.05) is 12.5 Å². The normalized spacial score (nSPS) is 21.5. The Bertz CT molecular complexity index is 527. The molecule has 0 saturated heterocycles. The van der Waals surface area contributed by atoms with Gasteiger partial charge in [0, 0.05) is 0 Å². The molecule has 1 aromatic carbocycles. The molecule has 5 nitrogen and oxygen atoms in total. The lowest BCUT2D eigenvalue weighted by atomic mass is 9.95. The monoisotopic (exact) mass is 277 g/mol. The third-order valence-electron chi connectivity index (χ3n) is 3.78. The molecule has 2 rings (SSSR count). The Morgan fingerprint density at radius 2 is 2.00 bits per heavy atom. The number of aryl methyl sites for hydroxylation is 1. The Kier molecular flexibility index (Phi) is 4.27. The van der Waals surface area contributed by atoms with E-state index in [-0.39, 0.29) is 5.91 Å². The van der Waals surface area contributed by atoms with Gasteiger partial charge in [0.2, 0.25) is 5.91 Å². The van der Waals surface area contributed by atoms with Crippen LogP contribution in [0.2, 0.25) is 0 Å². The van der Waals surface area contributed by atoms with Crippen molar-refractivity contribution >= 4 is 17.6 Å². The molecule has 0 heterocycles. The molecule has 1 amide bonds. The lowest BCUT2D eigenvalue weighted by Crippen LogP contribution is -2.30. The summed E-state index contributed by atoms with van der Waals surface area (Å²) in [6, 6.07) is 5.50. The lowest BCUT2D eigenvalue weighted by molar-refractivity contribution is -0.145. The average Bonchev–Trinajstić information content (AvgIpc) is 2.88. The van der Waals surface area contributed by atoms with Crippen LogP contribution in [-0.2, 0) is 9.59 Å². The van der Waals surface area contributed by atoms with E-state index in [4.69, 9.17) is 9.84 Å². The molecule has 0 radical (unpaired) electrons. The summed E-state index contributed by atoms with van der Waals surface area (Å²) in [6.45, 7) is 1.92. The summed E-state index contributed by atoms with van der Waals surface area (Å²) in [5, 5.41) is 11.9. The molecule has 1 saturated carbocycles. The Balaban J connectivity index is 2.15. The molecule has 1 aliphatic rings. The smallest absolute Gasteiger partial charge is 0.307 e. The van der Waals surface area contributed by atoms with E-state index in [9.17, 15) is 9.59 Å². The Labute approximate surface area is 117 Å². The van der Waals surface area contributed by atoms with E-state index >= 15 is 0 Å². The summed E-state index contributed by atoms with van der Waals surface area (Å²) in [5.41, 5.74) is 1.59. The number of nitrogens with one attached hydrogen (secondary N) is 1. The molecule has 1 aliphatic carbocycles. The van der Waals surface area contributed by atoms with Gasteiger partial charge in [-0.2, -0.15) is 0 Å². The summed E-state index contributed by atoms with van der Waals surface area (Å²) >= 11 is 0. The largest absolute Gasteiger partial charge is 0.495 e. The molecular formula is C15H19NO4. The molecular weight excluding hydrogens is 258 g/mol. The van der Waals surface area contributed by atoms with Crippen LogP contribution in [0.4, 0.5) is 5.69 Å². The van der Waals surface area contributed by atoms with Crippen molar-refractivity contribution in [3.63, 3.8) is 0 Å². The Morgan fingerprint density at radius 3 is 2.65 bits per heavy atom. The fourth-order valence-corrected chi connectivity index (χ4v) is 2.71. The van der Waals surface area contributed by atoms with Gasteiger partial charge < -0.3 is 15.2 Å². The van der Waals surface area contributed by atoms with Crippen LogP contribution < -0.4 is 10.1 Å². The van der Waals surface area contributed by atoms with E-state index in [1.807, 2.05) is 19.1 Å². The second kappa shape index (κ2) is 5.94. The van der Waals surface area contributed by atoms with E-state index in [0.29, 0.717) is 24.3 Å². The average molecular weight is 277 g/mol. The number of amides is 1. The molecule has 0 spiro atoms. The third-order valence-corrected chi connectivity index (χ3v) is 3.78. The number of aliphatic carboxylic acids is 1. The maximum Gasteiger partial charge on any atom is 0.307 e. The fraction of sp³-hybridized carbons (Fsp3) is 0.467. The molecule has 5 heteroatoms. The predicted octanol–water partition coefficient (Wildman–Crippen LogP) is 2.44. The predicted molar refractivity (Wildman–Crippen MR) is 74.8 cm³/mol. The SMILES string of the molecule is COc1ccc(C)cc1NC(=O)C1CCCC1C(=O)O. The highest BCUT2D eigenvalue weighted by Crippen LogP contribution is 2.34. The van der Waals surface area contributed by atoms with E-state index in [2.05, 4.69) is 5.32 Å². The number of hydrogen-bond donors (Lipinski definition) is 2. The zero-order chi connectivity index (χ0) is 14.7. The zero-order valence-corrected chi connectivity index (χ0v) is 11.7. The van der Waals surface area contributed by atoms with Gasteiger partial charge in [0.25, 0.3) is 0 Å². The molecule has 2 unspecified atom stereocenters. The number of ether oxygens (including phenoxy) is 1. The summed E-state index contributed by atoms with van der Waals surface area (Å²) in [6.07, 6.45) is 1.97. The Hall–Kier alpha value is -2.04. The van der Waals surface area contributed by atoms with Crippen LogP contribution in [0.1, 0.15) is 24.8 Å². The number of carbonyl (C=O) groups excluding carboxylic acids is 1. The van der Waals surface area contributed by atoms with Crippen molar-refractivity contribution in [3.8, 4) is 5.75 Å². The van der Waals surface area contributed by atoms with Gasteiger partial charge in [0.05, 0.1) is 24.6 Å². The fourth-order valence-electron chi connectivity index (χ4n) is 2.71. The second-order valence-corrected chi connectivity index (χ2v) is 5.18. The van der Waals surface area contributed by atoms with E-state index in [1.165, 1.54) is 7.11 Å². The van der Waals surface area contributed by atoms with Crippen LogP contribution in [0.15, 0.2) is 18.2 Å².